The highest BCUT2D eigenvalue weighted by Gasteiger charge is 2.39. The van der Waals surface area contributed by atoms with Crippen LogP contribution in [0.3, 0.4) is 0 Å². The van der Waals surface area contributed by atoms with E-state index in [2.05, 4.69) is 10.4 Å². The van der Waals surface area contributed by atoms with E-state index in [1.165, 1.54) is 26.2 Å². The van der Waals surface area contributed by atoms with E-state index in [0.29, 0.717) is 30.0 Å². The molecule has 35 heavy (non-hydrogen) atoms. The number of ether oxygens (including phenoxy) is 2. The molecule has 4 rings (SSSR count). The van der Waals surface area contributed by atoms with Gasteiger partial charge in [-0.15, -0.1) is 0 Å². The number of halogens is 3. The maximum absolute atomic E-state index is 13.2. The summed E-state index contributed by atoms with van der Waals surface area (Å²) in [5.74, 6) is -0.0276. The van der Waals surface area contributed by atoms with Gasteiger partial charge >= 0.3 is 6.18 Å². The molecule has 2 aromatic carbocycles. The van der Waals surface area contributed by atoms with Gasteiger partial charge in [-0.3, -0.25) is 19.6 Å². The van der Waals surface area contributed by atoms with Crippen LogP contribution >= 0.6 is 0 Å². The number of nitro benzene ring substituents is 1. The number of amides is 1. The Morgan fingerprint density at radius 3 is 2.49 bits per heavy atom. The van der Waals surface area contributed by atoms with E-state index in [9.17, 15) is 28.1 Å². The summed E-state index contributed by atoms with van der Waals surface area (Å²) in [5, 5.41) is 17.6. The van der Waals surface area contributed by atoms with Crippen molar-refractivity contribution in [3.8, 4) is 17.2 Å². The SMILES string of the molecule is COc1ccccc1Oc1cc(NC(=O)C(C)n2nc(C(F)(F)F)cc2C2CC2)cc([N+](=O)[O-])c1. The van der Waals surface area contributed by atoms with Gasteiger partial charge in [0.15, 0.2) is 17.2 Å². The molecule has 1 fully saturated rings. The van der Waals surface area contributed by atoms with Crippen molar-refractivity contribution in [1.29, 1.82) is 0 Å². The normalized spacial score (nSPS) is 14.3. The Morgan fingerprint density at radius 1 is 1.20 bits per heavy atom. The van der Waals surface area contributed by atoms with Crippen LogP contribution in [0.1, 0.15) is 43.1 Å². The van der Waals surface area contributed by atoms with Crippen LogP contribution in [0.15, 0.2) is 48.5 Å². The quantitative estimate of drug-likeness (QED) is 0.321. The molecule has 1 aliphatic rings. The minimum atomic E-state index is -4.64. The number of aromatic nitrogens is 2. The van der Waals surface area contributed by atoms with Crippen LogP contribution in [0, 0.1) is 10.1 Å². The highest BCUT2D eigenvalue weighted by Crippen LogP contribution is 2.43. The minimum Gasteiger partial charge on any atom is -0.493 e. The topological polar surface area (TPSA) is 109 Å². The first-order valence-electron chi connectivity index (χ1n) is 10.6. The Labute approximate surface area is 197 Å². The molecule has 0 spiro atoms. The lowest BCUT2D eigenvalue weighted by Crippen LogP contribution is -2.26. The number of para-hydroxylation sites is 2. The van der Waals surface area contributed by atoms with Gasteiger partial charge in [0.25, 0.3) is 5.69 Å². The first-order chi connectivity index (χ1) is 16.6. The van der Waals surface area contributed by atoms with E-state index in [1.807, 2.05) is 0 Å². The van der Waals surface area contributed by atoms with Gasteiger partial charge in [0.2, 0.25) is 5.91 Å². The number of nitro groups is 1. The Bertz CT molecular complexity index is 1270. The second-order valence-corrected chi connectivity index (χ2v) is 8.06. The molecule has 1 atom stereocenters. The number of rotatable bonds is 8. The summed E-state index contributed by atoms with van der Waals surface area (Å²) in [4.78, 5) is 23.7. The monoisotopic (exact) mass is 490 g/mol. The second kappa shape index (κ2) is 9.28. The lowest BCUT2D eigenvalue weighted by Gasteiger charge is -2.16. The molecule has 0 bridgehead atoms. The zero-order chi connectivity index (χ0) is 25.3. The number of hydrogen-bond donors (Lipinski definition) is 1. The van der Waals surface area contributed by atoms with Gasteiger partial charge in [-0.2, -0.15) is 18.3 Å². The Kier molecular flexibility index (Phi) is 6.37. The highest BCUT2D eigenvalue weighted by atomic mass is 19.4. The summed E-state index contributed by atoms with van der Waals surface area (Å²) < 4.78 is 51.6. The van der Waals surface area contributed by atoms with Crippen molar-refractivity contribution >= 4 is 17.3 Å². The molecular formula is C23H21F3N4O5. The molecule has 0 aliphatic heterocycles. The molecule has 1 amide bonds. The third kappa shape index (κ3) is 5.36. The van der Waals surface area contributed by atoms with Crippen molar-refractivity contribution in [3.63, 3.8) is 0 Å². The molecule has 1 heterocycles. The first-order valence-corrected chi connectivity index (χ1v) is 10.6. The zero-order valence-corrected chi connectivity index (χ0v) is 18.7. The number of methoxy groups -OCH3 is 1. The van der Waals surface area contributed by atoms with Crippen LogP contribution in [0.4, 0.5) is 24.5 Å². The number of alkyl halides is 3. The maximum Gasteiger partial charge on any atom is 0.435 e. The highest BCUT2D eigenvalue weighted by molar-refractivity contribution is 5.94. The standard InChI is InChI=1S/C23H21F3N4O5/c1-13(29-18(14-7-8-14)12-21(28-29)23(24,25)26)22(31)27-15-9-16(30(32)33)11-17(10-15)35-20-6-4-3-5-19(20)34-2/h3-6,9-14H,7-8H2,1-2H3,(H,27,31). The third-order valence-electron chi connectivity index (χ3n) is 5.46. The summed E-state index contributed by atoms with van der Waals surface area (Å²) in [5.41, 5.74) is -1.05. The molecule has 0 radical (unpaired) electrons. The maximum atomic E-state index is 13.2. The van der Waals surface area contributed by atoms with E-state index in [-0.39, 0.29) is 23.0 Å². The average Bonchev–Trinajstić information content (AvgIpc) is 3.55. The van der Waals surface area contributed by atoms with Crippen LogP contribution < -0.4 is 14.8 Å². The summed E-state index contributed by atoms with van der Waals surface area (Å²) in [6, 6.07) is 10.2. The first kappa shape index (κ1) is 24.0. The van der Waals surface area contributed by atoms with E-state index in [0.717, 1.165) is 16.8 Å². The van der Waals surface area contributed by atoms with Crippen molar-refractivity contribution in [1.82, 2.24) is 9.78 Å². The predicted molar refractivity (Wildman–Crippen MR) is 119 cm³/mol. The Hall–Kier alpha value is -4.09. The number of nitrogens with zero attached hydrogens (tertiary/aromatic N) is 3. The number of nitrogens with one attached hydrogen (secondary N) is 1. The van der Waals surface area contributed by atoms with Gasteiger partial charge in [0, 0.05) is 23.7 Å². The van der Waals surface area contributed by atoms with Crippen LogP contribution in [0.2, 0.25) is 0 Å². The van der Waals surface area contributed by atoms with Gasteiger partial charge in [-0.25, -0.2) is 0 Å². The predicted octanol–water partition coefficient (Wildman–Crippen LogP) is 5.69. The molecule has 184 valence electrons. The zero-order valence-electron chi connectivity index (χ0n) is 18.7. The van der Waals surface area contributed by atoms with Crippen molar-refractivity contribution in [2.45, 2.75) is 37.9 Å². The van der Waals surface area contributed by atoms with Crippen LogP contribution in [-0.2, 0) is 11.0 Å². The Morgan fingerprint density at radius 2 is 1.89 bits per heavy atom. The van der Waals surface area contributed by atoms with Gasteiger partial charge < -0.3 is 14.8 Å². The van der Waals surface area contributed by atoms with Gasteiger partial charge in [0.1, 0.15) is 11.8 Å². The third-order valence-corrected chi connectivity index (χ3v) is 5.46. The number of non-ortho nitro benzene ring substituents is 1. The summed E-state index contributed by atoms with van der Waals surface area (Å²) in [6.07, 6.45) is -3.21. The van der Waals surface area contributed by atoms with Crippen LogP contribution in [0.5, 0.6) is 17.2 Å². The second-order valence-electron chi connectivity index (χ2n) is 8.06. The van der Waals surface area contributed by atoms with Gasteiger partial charge in [-0.1, -0.05) is 12.1 Å². The molecule has 12 heteroatoms. The number of carbonyl (C=O) groups excluding carboxylic acids is 1. The summed E-state index contributed by atoms with van der Waals surface area (Å²) >= 11 is 0. The van der Waals surface area contributed by atoms with Gasteiger partial charge in [-0.05, 0) is 38.0 Å². The Balaban J connectivity index is 1.60. The number of benzene rings is 2. The van der Waals surface area contributed by atoms with Crippen LogP contribution in [-0.4, -0.2) is 27.7 Å². The fourth-order valence-electron chi connectivity index (χ4n) is 3.55. The summed E-state index contributed by atoms with van der Waals surface area (Å²) in [6.45, 7) is 1.41. The molecule has 3 aromatic rings. The molecule has 1 N–H and O–H groups in total. The van der Waals surface area contributed by atoms with Crippen molar-refractivity contribution in [2.24, 2.45) is 0 Å². The number of carbonyl (C=O) groups is 1. The van der Waals surface area contributed by atoms with Crippen LogP contribution in [0.25, 0.3) is 0 Å². The summed E-state index contributed by atoms with van der Waals surface area (Å²) in [7, 11) is 1.44. The van der Waals surface area contributed by atoms with Crippen molar-refractivity contribution in [2.75, 3.05) is 12.4 Å². The van der Waals surface area contributed by atoms with E-state index in [4.69, 9.17) is 9.47 Å². The van der Waals surface area contributed by atoms with Gasteiger partial charge in [0.05, 0.1) is 23.8 Å². The fourth-order valence-corrected chi connectivity index (χ4v) is 3.55. The molecular weight excluding hydrogens is 469 g/mol. The fraction of sp³-hybridized carbons (Fsp3) is 0.304. The number of anilines is 1. The molecule has 9 nitrogen and oxygen atoms in total. The lowest BCUT2D eigenvalue weighted by molar-refractivity contribution is -0.384. The smallest absolute Gasteiger partial charge is 0.435 e. The van der Waals surface area contributed by atoms with E-state index < -0.39 is 28.7 Å². The average molecular weight is 490 g/mol. The molecule has 1 unspecified atom stereocenters. The molecule has 1 aliphatic carbocycles. The van der Waals surface area contributed by atoms with E-state index in [1.54, 1.807) is 24.3 Å². The minimum absolute atomic E-state index is 0.0390. The largest absolute Gasteiger partial charge is 0.493 e. The lowest BCUT2D eigenvalue weighted by atomic mass is 10.2. The van der Waals surface area contributed by atoms with Crippen molar-refractivity contribution in [3.05, 3.63) is 70.0 Å². The number of hydrogen-bond acceptors (Lipinski definition) is 6. The molecule has 0 saturated heterocycles. The molecule has 1 aromatic heterocycles. The van der Waals surface area contributed by atoms with E-state index >= 15 is 0 Å². The van der Waals surface area contributed by atoms with Crippen molar-refractivity contribution < 1.29 is 32.4 Å². The molecule has 1 saturated carbocycles.